The molecular weight excluding hydrogens is 404 g/mol. The van der Waals surface area contributed by atoms with Gasteiger partial charge in [0.05, 0.1) is 53.6 Å². The van der Waals surface area contributed by atoms with Crippen LogP contribution in [-0.2, 0) is 11.3 Å². The third-order valence-corrected chi connectivity index (χ3v) is 7.01. The van der Waals surface area contributed by atoms with Gasteiger partial charge in [-0.2, -0.15) is 5.26 Å². The maximum atomic E-state index is 12.7. The van der Waals surface area contributed by atoms with E-state index >= 15 is 0 Å². The highest BCUT2D eigenvalue weighted by atomic mass is 16.6. The molecule has 2 saturated carbocycles. The second kappa shape index (κ2) is 7.30. The number of hydrogen-bond donors (Lipinski definition) is 0. The summed E-state index contributed by atoms with van der Waals surface area (Å²) in [5, 5.41) is 9.23. The van der Waals surface area contributed by atoms with Crippen molar-refractivity contribution in [3.05, 3.63) is 48.2 Å². The Morgan fingerprint density at radius 3 is 2.88 bits per heavy atom. The fraction of sp³-hybridized carbons (Fsp3) is 0.458. The number of hydrogen-bond acceptors (Lipinski definition) is 6. The van der Waals surface area contributed by atoms with Crippen LogP contribution in [-0.4, -0.2) is 37.8 Å². The molecule has 3 aliphatic rings. The number of nitrogens with zero attached hydrogens (tertiary/aromatic N) is 6. The molecule has 1 aromatic carbocycles. The lowest BCUT2D eigenvalue weighted by Gasteiger charge is -2.36. The van der Waals surface area contributed by atoms with E-state index in [2.05, 4.69) is 25.6 Å². The first-order chi connectivity index (χ1) is 15.6. The minimum atomic E-state index is -0.481. The molecule has 2 aliphatic carbocycles. The lowest BCUT2D eigenvalue weighted by molar-refractivity contribution is 0.00439. The number of carbonyl (C=O) groups excluding carboxylic acids is 1. The number of fused-ring (bicyclic) bond motifs is 1. The Hall–Kier alpha value is -3.47. The lowest BCUT2D eigenvalue weighted by Crippen LogP contribution is -2.40. The largest absolute Gasteiger partial charge is 0.441 e. The topological polar surface area (TPSA) is 96.9 Å². The third-order valence-electron chi connectivity index (χ3n) is 7.01. The molecule has 1 amide bonds. The van der Waals surface area contributed by atoms with Gasteiger partial charge in [0.15, 0.2) is 5.82 Å². The molecule has 0 bridgehead atoms. The summed E-state index contributed by atoms with van der Waals surface area (Å²) in [6.45, 7) is 1.31. The van der Waals surface area contributed by atoms with Crippen molar-refractivity contribution >= 4 is 22.9 Å². The molecule has 8 heteroatoms. The molecule has 32 heavy (non-hydrogen) atoms. The Morgan fingerprint density at radius 1 is 1.19 bits per heavy atom. The number of aromatic nitrogens is 4. The molecule has 162 valence electrons. The quantitative estimate of drug-likeness (QED) is 0.619. The van der Waals surface area contributed by atoms with Gasteiger partial charge in [0.25, 0.3) is 0 Å². The normalized spacial score (nSPS) is 25.3. The number of imidazole rings is 1. The van der Waals surface area contributed by atoms with Crippen LogP contribution in [0.3, 0.4) is 0 Å². The van der Waals surface area contributed by atoms with Gasteiger partial charge in [-0.15, -0.1) is 0 Å². The van der Waals surface area contributed by atoms with Crippen molar-refractivity contribution < 1.29 is 9.53 Å². The second-order valence-corrected chi connectivity index (χ2v) is 9.39. The molecule has 1 saturated heterocycles. The summed E-state index contributed by atoms with van der Waals surface area (Å²) in [5.74, 6) is 1.47. The maximum absolute atomic E-state index is 12.7. The van der Waals surface area contributed by atoms with Gasteiger partial charge >= 0.3 is 6.09 Å². The van der Waals surface area contributed by atoms with Crippen LogP contribution >= 0.6 is 0 Å². The number of nitriles is 1. The highest BCUT2D eigenvalue weighted by Crippen LogP contribution is 2.42. The van der Waals surface area contributed by atoms with E-state index in [1.165, 1.54) is 12.8 Å². The summed E-state index contributed by atoms with van der Waals surface area (Å²) >= 11 is 0. The fourth-order valence-corrected chi connectivity index (χ4v) is 5.25. The Balaban J connectivity index is 1.19. The Kier molecular flexibility index (Phi) is 4.39. The minimum absolute atomic E-state index is 0.328. The molecule has 1 spiro atoms. The summed E-state index contributed by atoms with van der Waals surface area (Å²) in [6, 6.07) is 7.77. The predicted octanol–water partition coefficient (Wildman–Crippen LogP) is 4.16. The van der Waals surface area contributed by atoms with Gasteiger partial charge in [0, 0.05) is 12.5 Å². The van der Waals surface area contributed by atoms with Crippen LogP contribution in [0.1, 0.15) is 55.7 Å². The van der Waals surface area contributed by atoms with Gasteiger partial charge in [-0.05, 0) is 62.6 Å². The smallest absolute Gasteiger partial charge is 0.416 e. The molecule has 2 aromatic heterocycles. The summed E-state index contributed by atoms with van der Waals surface area (Å²) in [6.07, 6.45) is 11.1. The zero-order chi connectivity index (χ0) is 21.7. The molecule has 0 radical (unpaired) electrons. The van der Waals surface area contributed by atoms with Crippen LogP contribution in [0, 0.1) is 17.2 Å². The molecule has 1 unspecified atom stereocenters. The Labute approximate surface area is 185 Å². The van der Waals surface area contributed by atoms with Gasteiger partial charge in [-0.1, -0.05) is 0 Å². The average molecular weight is 428 g/mol. The maximum Gasteiger partial charge on any atom is 0.416 e. The van der Waals surface area contributed by atoms with Crippen molar-refractivity contribution in [3.8, 4) is 6.07 Å². The number of anilines is 1. The van der Waals surface area contributed by atoms with Crippen molar-refractivity contribution in [2.24, 2.45) is 5.92 Å². The molecule has 8 nitrogen and oxygen atoms in total. The molecule has 0 N–H and O–H groups in total. The first-order valence-electron chi connectivity index (χ1n) is 11.3. The fourth-order valence-electron chi connectivity index (χ4n) is 5.25. The van der Waals surface area contributed by atoms with Crippen molar-refractivity contribution in [1.82, 2.24) is 19.5 Å². The van der Waals surface area contributed by atoms with Crippen molar-refractivity contribution in [2.45, 2.75) is 56.6 Å². The lowest BCUT2D eigenvalue weighted by atomic mass is 9.78. The Morgan fingerprint density at radius 2 is 2.09 bits per heavy atom. The third kappa shape index (κ3) is 3.38. The van der Waals surface area contributed by atoms with E-state index < -0.39 is 5.60 Å². The highest BCUT2D eigenvalue weighted by Gasteiger charge is 2.49. The minimum Gasteiger partial charge on any atom is -0.441 e. The van der Waals surface area contributed by atoms with Gasteiger partial charge < -0.3 is 9.30 Å². The van der Waals surface area contributed by atoms with Crippen LogP contribution in [0.2, 0.25) is 0 Å². The van der Waals surface area contributed by atoms with E-state index in [4.69, 9.17) is 4.74 Å². The number of carbonyl (C=O) groups is 1. The van der Waals surface area contributed by atoms with Crippen LogP contribution in [0.4, 0.5) is 10.6 Å². The van der Waals surface area contributed by atoms with E-state index in [9.17, 15) is 10.1 Å². The number of benzene rings is 1. The van der Waals surface area contributed by atoms with Crippen LogP contribution in [0.25, 0.3) is 11.0 Å². The van der Waals surface area contributed by atoms with Gasteiger partial charge in [0.2, 0.25) is 0 Å². The van der Waals surface area contributed by atoms with Crippen LogP contribution < -0.4 is 4.90 Å². The summed E-state index contributed by atoms with van der Waals surface area (Å²) in [5.41, 5.74) is 3.03. The molecule has 3 aromatic rings. The number of amides is 1. The van der Waals surface area contributed by atoms with Crippen molar-refractivity contribution in [3.63, 3.8) is 0 Å². The van der Waals surface area contributed by atoms with E-state index in [-0.39, 0.29) is 6.09 Å². The van der Waals surface area contributed by atoms with E-state index in [0.717, 1.165) is 49.0 Å². The van der Waals surface area contributed by atoms with Gasteiger partial charge in [-0.3, -0.25) is 9.88 Å². The summed E-state index contributed by atoms with van der Waals surface area (Å²) in [7, 11) is 0. The zero-order valence-corrected chi connectivity index (χ0v) is 17.8. The number of rotatable bonds is 4. The first-order valence-corrected chi connectivity index (χ1v) is 11.3. The molecule has 3 heterocycles. The SMILES string of the molecule is N#Cc1ccc2ncn(CC3CCC[C@]4(C3)CN(c3cnc(C5CC5)cn3)C(=O)O4)c2c1. The first kappa shape index (κ1) is 19.2. The van der Waals surface area contributed by atoms with Crippen molar-refractivity contribution in [2.75, 3.05) is 11.4 Å². The number of ether oxygens (including phenoxy) is 1. The molecule has 2 atom stereocenters. The van der Waals surface area contributed by atoms with Gasteiger partial charge in [0.1, 0.15) is 5.60 Å². The molecular formula is C24H24N6O2. The monoisotopic (exact) mass is 428 g/mol. The molecule has 1 aliphatic heterocycles. The molecule has 3 fully saturated rings. The predicted molar refractivity (Wildman–Crippen MR) is 117 cm³/mol. The summed E-state index contributed by atoms with van der Waals surface area (Å²) in [4.78, 5) is 27.9. The van der Waals surface area contributed by atoms with Gasteiger partial charge in [-0.25, -0.2) is 14.8 Å². The highest BCUT2D eigenvalue weighted by molar-refractivity contribution is 5.89. The Bertz CT molecular complexity index is 1230. The zero-order valence-electron chi connectivity index (χ0n) is 17.8. The summed E-state index contributed by atoms with van der Waals surface area (Å²) < 4.78 is 8.09. The van der Waals surface area contributed by atoms with E-state index in [0.29, 0.717) is 29.8 Å². The van der Waals surface area contributed by atoms with Crippen molar-refractivity contribution in [1.29, 1.82) is 5.26 Å². The van der Waals surface area contributed by atoms with Crippen LogP contribution in [0.15, 0.2) is 36.9 Å². The molecule has 6 rings (SSSR count). The average Bonchev–Trinajstić information content (AvgIpc) is 3.52. The second-order valence-electron chi connectivity index (χ2n) is 9.39. The standard InChI is InChI=1S/C24H24N6O2/c25-10-16-3-6-19-21(8-16)29(15-28-19)13-17-2-1-7-24(9-17)14-30(23(31)32-24)22-12-26-20(11-27-22)18-4-5-18/h3,6,8,11-12,15,17-18H,1-2,4-5,7,9,13-14H2/t17?,24-/m0/s1. The van der Waals surface area contributed by atoms with Crippen LogP contribution in [0.5, 0.6) is 0 Å². The van der Waals surface area contributed by atoms with E-state index in [1.807, 2.05) is 18.5 Å². The van der Waals surface area contributed by atoms with E-state index in [1.54, 1.807) is 23.4 Å².